The number of nitrogens with zero attached hydrogens (tertiary/aromatic N) is 1. The van der Waals surface area contributed by atoms with E-state index in [-0.39, 0.29) is 18.5 Å². The van der Waals surface area contributed by atoms with Gasteiger partial charge in [-0.1, -0.05) is 42.5 Å². The van der Waals surface area contributed by atoms with Crippen molar-refractivity contribution in [2.45, 2.75) is 32.2 Å². The second-order valence-corrected chi connectivity index (χ2v) is 7.32. The van der Waals surface area contributed by atoms with Crippen LogP contribution in [0.25, 0.3) is 10.2 Å². The number of rotatable bonds is 9. The van der Waals surface area contributed by atoms with E-state index >= 15 is 0 Å². The van der Waals surface area contributed by atoms with E-state index in [1.807, 2.05) is 48.5 Å². The number of unbranched alkanes of at least 4 members (excludes halogenated alkanes) is 1. The van der Waals surface area contributed by atoms with E-state index in [1.54, 1.807) is 11.3 Å². The Labute approximate surface area is 162 Å². The number of benzene rings is 2. The van der Waals surface area contributed by atoms with Crippen molar-refractivity contribution in [2.24, 2.45) is 0 Å². The number of hydrogen-bond donors (Lipinski definition) is 1. The number of aryl methyl sites for hydroxylation is 1. The van der Waals surface area contributed by atoms with Crippen molar-refractivity contribution in [2.75, 3.05) is 6.61 Å². The second-order valence-electron chi connectivity index (χ2n) is 6.21. The molecule has 3 rings (SSSR count). The Hall–Kier alpha value is -2.73. The normalized spacial score (nSPS) is 10.7. The summed E-state index contributed by atoms with van der Waals surface area (Å²) in [5.41, 5.74) is 2.03. The average Bonchev–Trinajstić information content (AvgIpc) is 3.12. The number of aromatic nitrogens is 1. The van der Waals surface area contributed by atoms with Crippen molar-refractivity contribution in [3.63, 3.8) is 0 Å². The number of carbonyl (C=O) groups excluding carboxylic acids is 2. The topological polar surface area (TPSA) is 68.3 Å². The third kappa shape index (κ3) is 6.18. The van der Waals surface area contributed by atoms with Gasteiger partial charge in [-0.05, 0) is 37.0 Å². The second kappa shape index (κ2) is 9.83. The molecule has 5 nitrogen and oxygen atoms in total. The van der Waals surface area contributed by atoms with Gasteiger partial charge in [-0.15, -0.1) is 11.3 Å². The number of amides is 1. The third-order valence-corrected chi connectivity index (χ3v) is 5.15. The molecule has 0 saturated carbocycles. The maximum Gasteiger partial charge on any atom is 0.306 e. The molecule has 0 fully saturated rings. The summed E-state index contributed by atoms with van der Waals surface area (Å²) >= 11 is 1.69. The summed E-state index contributed by atoms with van der Waals surface area (Å²) in [5.74, 6) is -0.629. The van der Waals surface area contributed by atoms with Crippen LogP contribution in [0.3, 0.4) is 0 Å². The Morgan fingerprint density at radius 2 is 1.78 bits per heavy atom. The van der Waals surface area contributed by atoms with E-state index in [0.717, 1.165) is 35.4 Å². The summed E-state index contributed by atoms with van der Waals surface area (Å²) in [6, 6.07) is 17.7. The molecule has 1 heterocycles. The first-order valence-corrected chi connectivity index (χ1v) is 9.83. The first kappa shape index (κ1) is 19.0. The Morgan fingerprint density at radius 1 is 1.00 bits per heavy atom. The number of esters is 1. The lowest BCUT2D eigenvalue weighted by Crippen LogP contribution is -2.28. The van der Waals surface area contributed by atoms with Gasteiger partial charge in [0.2, 0.25) is 0 Å². The molecular weight excluding hydrogens is 360 g/mol. The van der Waals surface area contributed by atoms with E-state index < -0.39 is 0 Å². The molecular formula is C21H22N2O3S. The zero-order valence-corrected chi connectivity index (χ0v) is 15.8. The van der Waals surface area contributed by atoms with Gasteiger partial charge in [0.15, 0.2) is 6.61 Å². The molecule has 1 amide bonds. The monoisotopic (exact) mass is 382 g/mol. The van der Waals surface area contributed by atoms with Gasteiger partial charge < -0.3 is 10.1 Å². The number of carbonyl (C=O) groups is 2. The number of ether oxygens (including phenoxy) is 1. The van der Waals surface area contributed by atoms with E-state index in [2.05, 4.69) is 16.4 Å². The molecule has 1 N–H and O–H groups in total. The standard InChI is InChI=1S/C21H22N2O3S/c24-19(22-14-16-8-2-1-3-9-16)15-26-21(25)13-7-6-12-20-23-17-10-4-5-11-18(17)27-20/h1-5,8-11H,6-7,12-15H2,(H,22,24). The first-order chi connectivity index (χ1) is 13.2. The minimum absolute atomic E-state index is 0.233. The van der Waals surface area contributed by atoms with Gasteiger partial charge >= 0.3 is 5.97 Å². The number of hydrogen-bond acceptors (Lipinski definition) is 5. The molecule has 2 aromatic carbocycles. The van der Waals surface area contributed by atoms with E-state index in [4.69, 9.17) is 4.74 Å². The summed E-state index contributed by atoms with van der Waals surface area (Å²) in [7, 11) is 0. The lowest BCUT2D eigenvalue weighted by atomic mass is 10.2. The lowest BCUT2D eigenvalue weighted by molar-refractivity contribution is -0.148. The molecule has 27 heavy (non-hydrogen) atoms. The quantitative estimate of drug-likeness (QED) is 0.451. The van der Waals surface area contributed by atoms with Crippen molar-refractivity contribution in [3.8, 4) is 0 Å². The van der Waals surface area contributed by atoms with Crippen LogP contribution in [0.1, 0.15) is 29.8 Å². The van der Waals surface area contributed by atoms with Gasteiger partial charge in [-0.2, -0.15) is 0 Å². The Kier molecular flexibility index (Phi) is 6.93. The predicted molar refractivity (Wildman–Crippen MR) is 106 cm³/mol. The van der Waals surface area contributed by atoms with Crippen LogP contribution in [-0.4, -0.2) is 23.5 Å². The highest BCUT2D eigenvalue weighted by molar-refractivity contribution is 7.18. The summed E-state index contributed by atoms with van der Waals surface area (Å²) in [6.07, 6.45) is 2.76. The van der Waals surface area contributed by atoms with Gasteiger partial charge in [0, 0.05) is 13.0 Å². The molecule has 3 aromatic rings. The number of para-hydroxylation sites is 1. The average molecular weight is 382 g/mol. The lowest BCUT2D eigenvalue weighted by Gasteiger charge is -2.06. The fourth-order valence-corrected chi connectivity index (χ4v) is 3.65. The summed E-state index contributed by atoms with van der Waals surface area (Å²) in [6.45, 7) is 0.197. The van der Waals surface area contributed by atoms with Crippen LogP contribution in [0, 0.1) is 0 Å². The molecule has 140 valence electrons. The first-order valence-electron chi connectivity index (χ1n) is 9.01. The smallest absolute Gasteiger partial charge is 0.306 e. The van der Waals surface area contributed by atoms with Crippen molar-refractivity contribution >= 4 is 33.4 Å². The third-order valence-electron chi connectivity index (χ3n) is 4.06. The Bertz CT molecular complexity index is 860. The van der Waals surface area contributed by atoms with Crippen molar-refractivity contribution < 1.29 is 14.3 Å². The molecule has 0 aliphatic carbocycles. The van der Waals surface area contributed by atoms with Crippen LogP contribution in [0.15, 0.2) is 54.6 Å². The molecule has 0 aliphatic rings. The molecule has 0 spiro atoms. The van der Waals surface area contributed by atoms with Gasteiger partial charge in [0.05, 0.1) is 15.2 Å². The van der Waals surface area contributed by atoms with Crippen LogP contribution in [0.4, 0.5) is 0 Å². The van der Waals surface area contributed by atoms with Gasteiger partial charge in [-0.25, -0.2) is 4.98 Å². The van der Waals surface area contributed by atoms with Crippen LogP contribution in [0.2, 0.25) is 0 Å². The van der Waals surface area contributed by atoms with Gasteiger partial charge in [-0.3, -0.25) is 9.59 Å². The van der Waals surface area contributed by atoms with Crippen LogP contribution in [0.5, 0.6) is 0 Å². The predicted octanol–water partition coefficient (Wildman–Crippen LogP) is 3.87. The van der Waals surface area contributed by atoms with Crippen LogP contribution in [-0.2, 0) is 27.3 Å². The Balaban J connectivity index is 1.28. The summed E-state index contributed by atoms with van der Waals surface area (Å²) in [5, 5.41) is 3.82. The zero-order chi connectivity index (χ0) is 18.9. The fraction of sp³-hybridized carbons (Fsp3) is 0.286. The number of thiazole rings is 1. The van der Waals surface area contributed by atoms with Crippen molar-refractivity contribution in [3.05, 3.63) is 65.2 Å². The van der Waals surface area contributed by atoms with Crippen LogP contribution >= 0.6 is 11.3 Å². The van der Waals surface area contributed by atoms with E-state index in [1.165, 1.54) is 4.70 Å². The van der Waals surface area contributed by atoms with Crippen LogP contribution < -0.4 is 5.32 Å². The van der Waals surface area contributed by atoms with Crippen molar-refractivity contribution in [1.29, 1.82) is 0 Å². The molecule has 1 aromatic heterocycles. The Morgan fingerprint density at radius 3 is 2.59 bits per heavy atom. The summed E-state index contributed by atoms with van der Waals surface area (Å²) < 4.78 is 6.22. The largest absolute Gasteiger partial charge is 0.456 e. The fourth-order valence-electron chi connectivity index (χ4n) is 2.64. The minimum atomic E-state index is -0.339. The van der Waals surface area contributed by atoms with Crippen molar-refractivity contribution in [1.82, 2.24) is 10.3 Å². The van der Waals surface area contributed by atoms with E-state index in [0.29, 0.717) is 13.0 Å². The maximum atomic E-state index is 11.8. The molecule has 6 heteroatoms. The SMILES string of the molecule is O=C(COC(=O)CCCCc1nc2ccccc2s1)NCc1ccccc1. The number of nitrogens with one attached hydrogen (secondary N) is 1. The summed E-state index contributed by atoms with van der Waals surface area (Å²) in [4.78, 5) is 28.1. The molecule has 0 unspecified atom stereocenters. The maximum absolute atomic E-state index is 11.8. The zero-order valence-electron chi connectivity index (χ0n) is 15.0. The molecule has 0 radical (unpaired) electrons. The highest BCUT2D eigenvalue weighted by Crippen LogP contribution is 2.22. The highest BCUT2D eigenvalue weighted by Gasteiger charge is 2.08. The highest BCUT2D eigenvalue weighted by atomic mass is 32.1. The molecule has 0 bridgehead atoms. The van der Waals surface area contributed by atoms with E-state index in [9.17, 15) is 9.59 Å². The molecule has 0 aliphatic heterocycles. The van der Waals surface area contributed by atoms with Gasteiger partial charge in [0.1, 0.15) is 0 Å². The number of fused-ring (bicyclic) bond motifs is 1. The molecule has 0 saturated heterocycles. The molecule has 0 atom stereocenters. The minimum Gasteiger partial charge on any atom is -0.456 e. The van der Waals surface area contributed by atoms with Gasteiger partial charge in [0.25, 0.3) is 5.91 Å².